The minimum atomic E-state index is -0.0742. The van der Waals surface area contributed by atoms with Gasteiger partial charge in [0.25, 0.3) is 0 Å². The van der Waals surface area contributed by atoms with Crippen LogP contribution in [0, 0.1) is 0 Å². The lowest BCUT2D eigenvalue weighted by molar-refractivity contribution is 0.158. The first kappa shape index (κ1) is 13.5. The van der Waals surface area contributed by atoms with Crippen LogP contribution < -0.4 is 15.2 Å². The molecule has 0 saturated heterocycles. The molecule has 3 rings (SSSR count). The maximum absolute atomic E-state index is 6.29. The second kappa shape index (κ2) is 5.46. The molecule has 0 aliphatic carbocycles. The first-order valence-electron chi connectivity index (χ1n) is 6.53. The summed E-state index contributed by atoms with van der Waals surface area (Å²) >= 11 is 3.47. The van der Waals surface area contributed by atoms with E-state index in [4.69, 9.17) is 15.2 Å². The van der Waals surface area contributed by atoms with Crippen molar-refractivity contribution in [1.29, 1.82) is 0 Å². The summed E-state index contributed by atoms with van der Waals surface area (Å²) in [5.74, 6) is 1.69. The zero-order valence-electron chi connectivity index (χ0n) is 11.2. The van der Waals surface area contributed by atoms with Crippen molar-refractivity contribution in [3.8, 4) is 11.5 Å². The monoisotopic (exact) mass is 333 g/mol. The molecule has 2 N–H and O–H groups in total. The van der Waals surface area contributed by atoms with Crippen LogP contribution in [0.2, 0.25) is 0 Å². The number of nitrogens with two attached hydrogens (primary N) is 1. The summed E-state index contributed by atoms with van der Waals surface area (Å²) in [5, 5.41) is 0. The van der Waals surface area contributed by atoms with Gasteiger partial charge in [-0.05, 0) is 24.3 Å². The van der Waals surface area contributed by atoms with Crippen LogP contribution in [-0.4, -0.2) is 7.11 Å². The normalized spacial score (nSPS) is 20.9. The van der Waals surface area contributed by atoms with E-state index in [1.165, 1.54) is 0 Å². The van der Waals surface area contributed by atoms with E-state index in [-0.39, 0.29) is 12.1 Å². The number of ether oxygens (including phenoxy) is 2. The molecule has 0 radical (unpaired) electrons. The van der Waals surface area contributed by atoms with Crippen LogP contribution in [0.3, 0.4) is 0 Å². The van der Waals surface area contributed by atoms with Crippen LogP contribution in [0.15, 0.2) is 46.9 Å². The zero-order chi connectivity index (χ0) is 14.1. The molecule has 0 bridgehead atoms. The van der Waals surface area contributed by atoms with Gasteiger partial charge in [-0.15, -0.1) is 0 Å². The van der Waals surface area contributed by atoms with Gasteiger partial charge in [-0.2, -0.15) is 0 Å². The Labute approximate surface area is 126 Å². The minimum absolute atomic E-state index is 0.0360. The molecule has 0 amide bonds. The number of halogens is 1. The Balaban J connectivity index is 1.97. The number of para-hydroxylation sites is 1. The highest BCUT2D eigenvalue weighted by molar-refractivity contribution is 9.10. The number of fused-ring (bicyclic) bond motifs is 1. The first-order valence-corrected chi connectivity index (χ1v) is 7.33. The van der Waals surface area contributed by atoms with Gasteiger partial charge in [-0.3, -0.25) is 0 Å². The third kappa shape index (κ3) is 2.41. The van der Waals surface area contributed by atoms with Crippen LogP contribution in [0.25, 0.3) is 0 Å². The fourth-order valence-corrected chi connectivity index (χ4v) is 2.98. The minimum Gasteiger partial charge on any atom is -0.496 e. The summed E-state index contributed by atoms with van der Waals surface area (Å²) in [6.07, 6.45) is 0.666. The van der Waals surface area contributed by atoms with Crippen molar-refractivity contribution in [3.05, 3.63) is 58.1 Å². The highest BCUT2D eigenvalue weighted by Gasteiger charge is 2.28. The lowest BCUT2D eigenvalue weighted by Gasteiger charge is -2.31. The molecule has 1 heterocycles. The second-order valence-electron chi connectivity index (χ2n) is 4.87. The molecule has 1 aliphatic heterocycles. The van der Waals surface area contributed by atoms with Gasteiger partial charge < -0.3 is 15.2 Å². The molecule has 0 fully saturated rings. The molecule has 1 aliphatic rings. The van der Waals surface area contributed by atoms with Gasteiger partial charge >= 0.3 is 0 Å². The molecule has 0 saturated carbocycles. The van der Waals surface area contributed by atoms with Crippen LogP contribution in [0.4, 0.5) is 0 Å². The van der Waals surface area contributed by atoms with Crippen LogP contribution in [0.5, 0.6) is 11.5 Å². The van der Waals surface area contributed by atoms with Crippen molar-refractivity contribution in [1.82, 2.24) is 0 Å². The molecule has 2 atom stereocenters. The Bertz CT molecular complexity index is 630. The summed E-state index contributed by atoms with van der Waals surface area (Å²) in [6, 6.07) is 13.8. The standard InChI is InChI=1S/C16H16BrNO2/c1-19-14-5-3-2-4-11(14)16-9-13(18)12-8-10(17)6-7-15(12)20-16/h2-8,13,16H,9,18H2,1H3. The molecule has 2 unspecified atom stereocenters. The lowest BCUT2D eigenvalue weighted by Crippen LogP contribution is -2.24. The topological polar surface area (TPSA) is 44.5 Å². The molecule has 20 heavy (non-hydrogen) atoms. The fourth-order valence-electron chi connectivity index (χ4n) is 2.60. The van der Waals surface area contributed by atoms with E-state index in [1.54, 1.807) is 7.11 Å². The molecule has 2 aromatic carbocycles. The molecule has 4 heteroatoms. The van der Waals surface area contributed by atoms with Gasteiger partial charge in [0.15, 0.2) is 0 Å². The van der Waals surface area contributed by atoms with Crippen molar-refractivity contribution >= 4 is 15.9 Å². The largest absolute Gasteiger partial charge is 0.496 e. The Morgan fingerprint density at radius 3 is 2.80 bits per heavy atom. The lowest BCUT2D eigenvalue weighted by atomic mass is 9.93. The van der Waals surface area contributed by atoms with Gasteiger partial charge in [0.05, 0.1) is 7.11 Å². The predicted octanol–water partition coefficient (Wildman–Crippen LogP) is 3.98. The highest BCUT2D eigenvalue weighted by Crippen LogP contribution is 2.42. The number of rotatable bonds is 2. The van der Waals surface area contributed by atoms with Gasteiger partial charge in [0.1, 0.15) is 17.6 Å². The molecule has 3 nitrogen and oxygen atoms in total. The van der Waals surface area contributed by atoms with Crippen molar-refractivity contribution in [2.75, 3.05) is 7.11 Å². The quantitative estimate of drug-likeness (QED) is 0.903. The van der Waals surface area contributed by atoms with E-state index in [2.05, 4.69) is 15.9 Å². The van der Waals surface area contributed by atoms with E-state index in [0.29, 0.717) is 0 Å². The molecule has 2 aromatic rings. The summed E-state index contributed by atoms with van der Waals surface area (Å²) in [4.78, 5) is 0. The summed E-state index contributed by atoms with van der Waals surface area (Å²) in [6.45, 7) is 0. The van der Waals surface area contributed by atoms with E-state index in [1.807, 2.05) is 42.5 Å². The first-order chi connectivity index (χ1) is 9.69. The average Bonchev–Trinajstić information content (AvgIpc) is 2.47. The Morgan fingerprint density at radius 1 is 1.20 bits per heavy atom. The van der Waals surface area contributed by atoms with Gasteiger partial charge in [0.2, 0.25) is 0 Å². The predicted molar refractivity (Wildman–Crippen MR) is 82.1 cm³/mol. The molecular weight excluding hydrogens is 318 g/mol. The second-order valence-corrected chi connectivity index (χ2v) is 5.79. The Hall–Kier alpha value is -1.52. The smallest absolute Gasteiger partial charge is 0.129 e. The Kier molecular flexibility index (Phi) is 3.68. The number of benzene rings is 2. The maximum atomic E-state index is 6.29. The van der Waals surface area contributed by atoms with Crippen molar-refractivity contribution < 1.29 is 9.47 Å². The maximum Gasteiger partial charge on any atom is 0.129 e. The number of methoxy groups -OCH3 is 1. The fraction of sp³-hybridized carbons (Fsp3) is 0.250. The summed E-state index contributed by atoms with van der Waals surface area (Å²) < 4.78 is 12.5. The van der Waals surface area contributed by atoms with Crippen LogP contribution in [0.1, 0.15) is 29.7 Å². The van der Waals surface area contributed by atoms with Gasteiger partial charge in [-0.1, -0.05) is 34.1 Å². The van der Waals surface area contributed by atoms with E-state index < -0.39 is 0 Å². The number of hydrogen-bond acceptors (Lipinski definition) is 3. The third-order valence-corrected chi connectivity index (χ3v) is 4.09. The van der Waals surface area contributed by atoms with E-state index in [9.17, 15) is 0 Å². The van der Waals surface area contributed by atoms with E-state index >= 15 is 0 Å². The number of hydrogen-bond donors (Lipinski definition) is 1. The van der Waals surface area contributed by atoms with E-state index in [0.717, 1.165) is 33.5 Å². The van der Waals surface area contributed by atoms with Crippen LogP contribution >= 0.6 is 15.9 Å². The Morgan fingerprint density at radius 2 is 2.00 bits per heavy atom. The zero-order valence-corrected chi connectivity index (χ0v) is 12.8. The molecule has 104 valence electrons. The summed E-state index contributed by atoms with van der Waals surface area (Å²) in [5.41, 5.74) is 8.38. The highest BCUT2D eigenvalue weighted by atomic mass is 79.9. The summed E-state index contributed by atoms with van der Waals surface area (Å²) in [7, 11) is 1.67. The molecule has 0 aromatic heterocycles. The van der Waals surface area contributed by atoms with Crippen molar-refractivity contribution in [2.45, 2.75) is 18.6 Å². The SMILES string of the molecule is COc1ccccc1C1CC(N)c2cc(Br)ccc2O1. The van der Waals surface area contributed by atoms with Crippen LogP contribution in [-0.2, 0) is 0 Å². The average molecular weight is 334 g/mol. The van der Waals surface area contributed by atoms with Crippen molar-refractivity contribution in [2.24, 2.45) is 5.73 Å². The van der Waals surface area contributed by atoms with Gasteiger partial charge in [0, 0.05) is 28.1 Å². The van der Waals surface area contributed by atoms with Crippen molar-refractivity contribution in [3.63, 3.8) is 0 Å². The molecule has 0 spiro atoms. The third-order valence-electron chi connectivity index (χ3n) is 3.59. The van der Waals surface area contributed by atoms with Gasteiger partial charge in [-0.25, -0.2) is 0 Å². The molecular formula is C16H16BrNO2.